The van der Waals surface area contributed by atoms with Crippen molar-refractivity contribution >= 4 is 10.1 Å². The molecular formula is C8H19NO3S. The second kappa shape index (κ2) is 4.93. The summed E-state index contributed by atoms with van der Waals surface area (Å²) in [4.78, 5) is 0. The van der Waals surface area contributed by atoms with E-state index in [1.54, 1.807) is 0 Å². The fraction of sp³-hybridized carbons (Fsp3) is 1.00. The molecule has 0 aromatic heterocycles. The Bertz CT molecular complexity index is 228. The Morgan fingerprint density at radius 3 is 2.15 bits per heavy atom. The molecule has 0 saturated carbocycles. The predicted octanol–water partition coefficient (Wildman–Crippen LogP) is 1.04. The van der Waals surface area contributed by atoms with Gasteiger partial charge in [-0.05, 0) is 40.2 Å². The summed E-state index contributed by atoms with van der Waals surface area (Å²) in [6.07, 6.45) is 1.26. The highest BCUT2D eigenvalue weighted by atomic mass is 32.2. The maximum absolute atomic E-state index is 10.3. The van der Waals surface area contributed by atoms with Gasteiger partial charge in [-0.1, -0.05) is 0 Å². The zero-order valence-corrected chi connectivity index (χ0v) is 9.32. The number of unbranched alkanes of at least 4 members (excludes halogenated alkanes) is 1. The highest BCUT2D eigenvalue weighted by molar-refractivity contribution is 7.85. The summed E-state index contributed by atoms with van der Waals surface area (Å²) in [7, 11) is -3.77. The van der Waals surface area contributed by atoms with Gasteiger partial charge in [0.2, 0.25) is 0 Å². The SMILES string of the molecule is CC(C)(C)NCCCCS(=O)(=O)O. The van der Waals surface area contributed by atoms with Crippen LogP contribution in [0.5, 0.6) is 0 Å². The molecule has 0 fully saturated rings. The first-order chi connectivity index (χ1) is 5.71. The Hall–Kier alpha value is -0.130. The van der Waals surface area contributed by atoms with Crippen molar-refractivity contribution in [2.24, 2.45) is 0 Å². The molecule has 80 valence electrons. The summed E-state index contributed by atoms with van der Waals surface area (Å²) in [6.45, 7) is 6.93. The van der Waals surface area contributed by atoms with Crippen LogP contribution in [0.1, 0.15) is 33.6 Å². The van der Waals surface area contributed by atoms with Gasteiger partial charge in [-0.3, -0.25) is 4.55 Å². The van der Waals surface area contributed by atoms with Gasteiger partial charge < -0.3 is 5.32 Å². The summed E-state index contributed by atoms with van der Waals surface area (Å²) < 4.78 is 29.1. The van der Waals surface area contributed by atoms with Crippen molar-refractivity contribution in [3.05, 3.63) is 0 Å². The predicted molar refractivity (Wildman–Crippen MR) is 53.4 cm³/mol. The number of nitrogens with one attached hydrogen (secondary N) is 1. The average molecular weight is 209 g/mol. The van der Waals surface area contributed by atoms with Crippen molar-refractivity contribution < 1.29 is 13.0 Å². The van der Waals surface area contributed by atoms with E-state index >= 15 is 0 Å². The Balaban J connectivity index is 3.39. The summed E-state index contributed by atoms with van der Waals surface area (Å²) >= 11 is 0. The van der Waals surface area contributed by atoms with Crippen molar-refractivity contribution in [2.45, 2.75) is 39.2 Å². The normalized spacial score (nSPS) is 13.2. The van der Waals surface area contributed by atoms with Gasteiger partial charge in [-0.15, -0.1) is 0 Å². The van der Waals surface area contributed by atoms with Crippen LogP contribution < -0.4 is 5.32 Å². The van der Waals surface area contributed by atoms with Gasteiger partial charge in [-0.25, -0.2) is 0 Å². The van der Waals surface area contributed by atoms with E-state index in [4.69, 9.17) is 4.55 Å². The van der Waals surface area contributed by atoms with Crippen molar-refractivity contribution in [2.75, 3.05) is 12.3 Å². The quantitative estimate of drug-likeness (QED) is 0.524. The van der Waals surface area contributed by atoms with E-state index < -0.39 is 10.1 Å². The molecule has 0 saturated heterocycles. The first-order valence-electron chi connectivity index (χ1n) is 4.41. The minimum Gasteiger partial charge on any atom is -0.312 e. The van der Waals surface area contributed by atoms with Crippen LogP contribution in [-0.4, -0.2) is 30.8 Å². The lowest BCUT2D eigenvalue weighted by atomic mass is 10.1. The molecule has 0 aromatic carbocycles. The molecule has 0 aliphatic rings. The third kappa shape index (κ3) is 11.9. The molecule has 4 nitrogen and oxygen atoms in total. The molecule has 0 aromatic rings. The van der Waals surface area contributed by atoms with Crippen LogP contribution in [-0.2, 0) is 10.1 Å². The molecule has 0 bridgehead atoms. The highest BCUT2D eigenvalue weighted by Gasteiger charge is 2.08. The van der Waals surface area contributed by atoms with Gasteiger partial charge in [0, 0.05) is 5.54 Å². The summed E-state index contributed by atoms with van der Waals surface area (Å²) in [5.74, 6) is -0.140. The van der Waals surface area contributed by atoms with Gasteiger partial charge in [0.05, 0.1) is 5.75 Å². The van der Waals surface area contributed by atoms with E-state index in [2.05, 4.69) is 26.1 Å². The van der Waals surface area contributed by atoms with Crippen LogP contribution in [0, 0.1) is 0 Å². The first kappa shape index (κ1) is 12.9. The molecule has 0 amide bonds. The smallest absolute Gasteiger partial charge is 0.264 e. The Morgan fingerprint density at radius 1 is 1.23 bits per heavy atom. The van der Waals surface area contributed by atoms with E-state index in [9.17, 15) is 8.42 Å². The van der Waals surface area contributed by atoms with Crippen molar-refractivity contribution in [3.63, 3.8) is 0 Å². The summed E-state index contributed by atoms with van der Waals surface area (Å²) in [6, 6.07) is 0. The molecule has 0 aliphatic heterocycles. The Morgan fingerprint density at radius 2 is 1.77 bits per heavy atom. The van der Waals surface area contributed by atoms with E-state index in [1.165, 1.54) is 0 Å². The van der Waals surface area contributed by atoms with Crippen LogP contribution in [0.15, 0.2) is 0 Å². The number of rotatable bonds is 5. The van der Waals surface area contributed by atoms with Gasteiger partial charge in [0.1, 0.15) is 0 Å². The topological polar surface area (TPSA) is 66.4 Å². The van der Waals surface area contributed by atoms with Gasteiger partial charge >= 0.3 is 0 Å². The number of hydrogen-bond donors (Lipinski definition) is 2. The van der Waals surface area contributed by atoms with E-state index in [1.807, 2.05) is 0 Å². The standard InChI is InChI=1S/C8H19NO3S/c1-8(2,3)9-6-4-5-7-13(10,11)12/h9H,4-7H2,1-3H3,(H,10,11,12). The van der Waals surface area contributed by atoms with Crippen LogP contribution in [0.4, 0.5) is 0 Å². The van der Waals surface area contributed by atoms with Crippen LogP contribution in [0.25, 0.3) is 0 Å². The molecule has 2 N–H and O–H groups in total. The van der Waals surface area contributed by atoms with Gasteiger partial charge in [0.25, 0.3) is 10.1 Å². The molecular weight excluding hydrogens is 190 g/mol. The minimum absolute atomic E-state index is 0.0675. The number of hydrogen-bond acceptors (Lipinski definition) is 3. The molecule has 0 aliphatic carbocycles. The fourth-order valence-electron chi connectivity index (χ4n) is 0.873. The van der Waals surface area contributed by atoms with E-state index in [0.717, 1.165) is 13.0 Å². The zero-order chi connectivity index (χ0) is 10.5. The lowest BCUT2D eigenvalue weighted by Gasteiger charge is -2.20. The second-order valence-electron chi connectivity index (χ2n) is 4.17. The summed E-state index contributed by atoms with van der Waals surface area (Å²) in [5, 5.41) is 3.23. The van der Waals surface area contributed by atoms with E-state index in [-0.39, 0.29) is 11.3 Å². The fourth-order valence-corrected chi connectivity index (χ4v) is 1.44. The van der Waals surface area contributed by atoms with Crippen LogP contribution in [0.2, 0.25) is 0 Å². The maximum atomic E-state index is 10.3. The van der Waals surface area contributed by atoms with Crippen molar-refractivity contribution in [1.82, 2.24) is 5.32 Å². The lowest BCUT2D eigenvalue weighted by Crippen LogP contribution is -2.36. The minimum atomic E-state index is -3.77. The third-order valence-corrected chi connectivity index (χ3v) is 2.29. The van der Waals surface area contributed by atoms with Crippen LogP contribution in [0.3, 0.4) is 0 Å². The molecule has 0 radical (unpaired) electrons. The molecule has 0 rings (SSSR count). The van der Waals surface area contributed by atoms with Crippen molar-refractivity contribution in [3.8, 4) is 0 Å². The maximum Gasteiger partial charge on any atom is 0.264 e. The Labute approximate surface area is 80.5 Å². The second-order valence-corrected chi connectivity index (χ2v) is 5.74. The molecule has 5 heteroatoms. The first-order valence-corrected chi connectivity index (χ1v) is 6.02. The monoisotopic (exact) mass is 209 g/mol. The molecule has 0 spiro atoms. The highest BCUT2D eigenvalue weighted by Crippen LogP contribution is 1.99. The van der Waals surface area contributed by atoms with E-state index in [0.29, 0.717) is 6.42 Å². The van der Waals surface area contributed by atoms with Gasteiger partial charge in [-0.2, -0.15) is 8.42 Å². The molecule has 0 atom stereocenters. The molecule has 13 heavy (non-hydrogen) atoms. The summed E-state index contributed by atoms with van der Waals surface area (Å²) in [5.41, 5.74) is 0.0675. The largest absolute Gasteiger partial charge is 0.312 e. The Kier molecular flexibility index (Phi) is 4.88. The lowest BCUT2D eigenvalue weighted by molar-refractivity contribution is 0.419. The zero-order valence-electron chi connectivity index (χ0n) is 8.50. The van der Waals surface area contributed by atoms with Crippen molar-refractivity contribution in [1.29, 1.82) is 0 Å². The molecule has 0 heterocycles. The molecule has 0 unspecified atom stereocenters. The van der Waals surface area contributed by atoms with Gasteiger partial charge in [0.15, 0.2) is 0 Å². The van der Waals surface area contributed by atoms with Crippen LogP contribution >= 0.6 is 0 Å². The average Bonchev–Trinajstić information content (AvgIpc) is 1.81. The third-order valence-electron chi connectivity index (χ3n) is 1.48.